The molecule has 7 nitrogen and oxygen atoms in total. The van der Waals surface area contributed by atoms with E-state index in [1.165, 1.54) is 20.8 Å². The highest BCUT2D eigenvalue weighted by Gasteiger charge is 2.33. The summed E-state index contributed by atoms with van der Waals surface area (Å²) in [5, 5.41) is 1.64. The lowest BCUT2D eigenvalue weighted by atomic mass is 10.0. The van der Waals surface area contributed by atoms with Crippen LogP contribution in [-0.2, 0) is 30.0 Å². The van der Waals surface area contributed by atoms with Crippen LogP contribution in [0, 0.1) is 0 Å². The Morgan fingerprint density at radius 3 is 2.68 bits per heavy atom. The summed E-state index contributed by atoms with van der Waals surface area (Å²) in [5.41, 5.74) is 2.18. The Balaban J connectivity index is 1.65. The van der Waals surface area contributed by atoms with E-state index in [2.05, 4.69) is 4.98 Å². The Labute approximate surface area is 167 Å². The van der Waals surface area contributed by atoms with Crippen molar-refractivity contribution in [3.8, 4) is 0 Å². The van der Waals surface area contributed by atoms with E-state index in [1.807, 2.05) is 24.3 Å². The minimum absolute atomic E-state index is 0.0583. The predicted octanol–water partition coefficient (Wildman–Crippen LogP) is 2.51. The number of hydrogen-bond acceptors (Lipinski definition) is 5. The topological polar surface area (TPSA) is 75.5 Å². The number of benzene rings is 1. The number of imidazole rings is 1. The van der Waals surface area contributed by atoms with Crippen molar-refractivity contribution < 1.29 is 13.2 Å². The van der Waals surface area contributed by atoms with Crippen LogP contribution in [0.1, 0.15) is 20.8 Å². The van der Waals surface area contributed by atoms with Crippen LogP contribution in [0.4, 0.5) is 5.95 Å². The normalized spacial score (nSPS) is 14.6. The molecule has 0 aliphatic carbocycles. The maximum atomic E-state index is 13.3. The van der Waals surface area contributed by atoms with Gasteiger partial charge in [0.2, 0.25) is 16.0 Å². The number of anilines is 1. The molecule has 0 atom stereocenters. The van der Waals surface area contributed by atoms with Crippen LogP contribution in [0.25, 0.3) is 0 Å². The van der Waals surface area contributed by atoms with Crippen molar-refractivity contribution in [3.05, 3.63) is 64.1 Å². The molecule has 2 aromatic heterocycles. The molecule has 3 heterocycles. The van der Waals surface area contributed by atoms with Crippen LogP contribution in [0.2, 0.25) is 0 Å². The summed E-state index contributed by atoms with van der Waals surface area (Å²) in [6.45, 7) is 0.717. The van der Waals surface area contributed by atoms with Gasteiger partial charge in [0.15, 0.2) is 0 Å². The average molecular weight is 417 g/mol. The quantitative estimate of drug-likeness (QED) is 0.655. The number of aromatic nitrogens is 2. The third kappa shape index (κ3) is 3.15. The van der Waals surface area contributed by atoms with Crippen LogP contribution >= 0.6 is 11.3 Å². The van der Waals surface area contributed by atoms with Gasteiger partial charge in [0.05, 0.1) is 0 Å². The molecule has 4 rings (SSSR count). The van der Waals surface area contributed by atoms with Gasteiger partial charge in [-0.05, 0) is 29.0 Å². The zero-order valence-electron chi connectivity index (χ0n) is 15.6. The molecule has 0 N–H and O–H groups in total. The van der Waals surface area contributed by atoms with Crippen molar-refractivity contribution in [1.82, 2.24) is 13.9 Å². The molecule has 9 heteroatoms. The van der Waals surface area contributed by atoms with Gasteiger partial charge in [0.25, 0.3) is 5.91 Å². The largest absolute Gasteiger partial charge is 0.320 e. The highest BCUT2D eigenvalue weighted by atomic mass is 32.2. The highest BCUT2D eigenvalue weighted by molar-refractivity contribution is 7.89. The lowest BCUT2D eigenvalue weighted by Gasteiger charge is -2.28. The van der Waals surface area contributed by atoms with Crippen molar-refractivity contribution in [3.63, 3.8) is 0 Å². The van der Waals surface area contributed by atoms with Gasteiger partial charge in [-0.15, -0.1) is 11.3 Å². The lowest BCUT2D eigenvalue weighted by Crippen LogP contribution is -2.37. The van der Waals surface area contributed by atoms with Crippen LogP contribution in [0.15, 0.2) is 53.0 Å². The zero-order chi connectivity index (χ0) is 19.9. The lowest BCUT2D eigenvalue weighted by molar-refractivity contribution is 0.0992. The van der Waals surface area contributed by atoms with Gasteiger partial charge in [0.1, 0.15) is 9.77 Å². The second kappa shape index (κ2) is 7.16. The molecule has 0 unspecified atom stereocenters. The van der Waals surface area contributed by atoms with Gasteiger partial charge < -0.3 is 4.57 Å². The predicted molar refractivity (Wildman–Crippen MR) is 108 cm³/mol. The molecule has 0 bridgehead atoms. The maximum Gasteiger partial charge on any atom is 0.271 e. The summed E-state index contributed by atoms with van der Waals surface area (Å²) < 4.78 is 29.8. The number of aryl methyl sites for hydroxylation is 1. The van der Waals surface area contributed by atoms with Crippen LogP contribution in [-0.4, -0.2) is 41.8 Å². The molecule has 0 saturated carbocycles. The molecule has 146 valence electrons. The van der Waals surface area contributed by atoms with E-state index in [0.717, 1.165) is 16.9 Å². The highest BCUT2D eigenvalue weighted by Crippen LogP contribution is 2.30. The van der Waals surface area contributed by atoms with E-state index in [0.29, 0.717) is 25.5 Å². The molecule has 0 radical (unpaired) electrons. The Kier molecular flexibility index (Phi) is 4.82. The number of carbonyl (C=O) groups excluding carboxylic acids is 1. The minimum atomic E-state index is -3.78. The summed E-state index contributed by atoms with van der Waals surface area (Å²) >= 11 is 1.13. The number of thiophene rings is 1. The first-order valence-electron chi connectivity index (χ1n) is 8.79. The molecule has 0 fully saturated rings. The number of nitrogens with zero attached hydrogens (tertiary/aromatic N) is 4. The summed E-state index contributed by atoms with van der Waals surface area (Å²) in [7, 11) is -0.404. The van der Waals surface area contributed by atoms with E-state index in [4.69, 9.17) is 0 Å². The Bertz CT molecular complexity index is 1130. The van der Waals surface area contributed by atoms with Crippen molar-refractivity contribution in [2.75, 3.05) is 18.5 Å². The summed E-state index contributed by atoms with van der Waals surface area (Å²) in [6, 6.07) is 9.37. The Hall–Kier alpha value is -2.49. The van der Waals surface area contributed by atoms with Crippen LogP contribution < -0.4 is 4.90 Å². The molecular weight excluding hydrogens is 396 g/mol. The fourth-order valence-corrected chi connectivity index (χ4v) is 6.18. The monoisotopic (exact) mass is 416 g/mol. The fraction of sp³-hybridized carbons (Fsp3) is 0.263. The van der Waals surface area contributed by atoms with Gasteiger partial charge in [-0.2, -0.15) is 4.31 Å². The van der Waals surface area contributed by atoms with Crippen molar-refractivity contribution in [1.29, 1.82) is 0 Å². The fourth-order valence-electron chi connectivity index (χ4n) is 3.39. The van der Waals surface area contributed by atoms with Gasteiger partial charge in [0, 0.05) is 39.6 Å². The van der Waals surface area contributed by atoms with Crippen molar-refractivity contribution >= 4 is 33.2 Å². The first kappa shape index (κ1) is 18.9. The van der Waals surface area contributed by atoms with Crippen molar-refractivity contribution in [2.24, 2.45) is 7.05 Å². The van der Waals surface area contributed by atoms with Crippen LogP contribution in [0.5, 0.6) is 0 Å². The van der Waals surface area contributed by atoms with Gasteiger partial charge in [-0.1, -0.05) is 24.3 Å². The molecule has 0 saturated heterocycles. The summed E-state index contributed by atoms with van der Waals surface area (Å²) in [5.74, 6) is 0.0638. The maximum absolute atomic E-state index is 13.3. The van der Waals surface area contributed by atoms with Gasteiger partial charge in [-0.3, -0.25) is 9.69 Å². The van der Waals surface area contributed by atoms with Gasteiger partial charge in [-0.25, -0.2) is 13.4 Å². The molecule has 28 heavy (non-hydrogen) atoms. The van der Waals surface area contributed by atoms with E-state index >= 15 is 0 Å². The number of fused-ring (bicyclic) bond motifs is 1. The number of hydrogen-bond donors (Lipinski definition) is 0. The van der Waals surface area contributed by atoms with E-state index in [1.54, 1.807) is 36.4 Å². The first-order valence-corrected chi connectivity index (χ1v) is 11.1. The second-order valence-electron chi connectivity index (χ2n) is 6.67. The van der Waals surface area contributed by atoms with E-state index in [9.17, 15) is 13.2 Å². The SMILES string of the molecule is CN(C(=O)c1sccc1S(=O)(=O)N1CCc2ccccc2C1)c1nccn1C. The standard InChI is InChI=1S/C19H20N4O3S2/c1-21-11-9-20-19(21)22(2)18(24)17-16(8-12-27-17)28(25,26)23-10-7-14-5-3-4-6-15(14)13-23/h3-6,8-9,11-12H,7,10,13H2,1-2H3. The third-order valence-electron chi connectivity index (χ3n) is 4.94. The van der Waals surface area contributed by atoms with E-state index in [-0.39, 0.29) is 15.7 Å². The molecule has 1 aliphatic rings. The molecule has 1 aromatic carbocycles. The molecule has 0 spiro atoms. The first-order chi connectivity index (χ1) is 13.4. The summed E-state index contributed by atoms with van der Waals surface area (Å²) in [6.07, 6.45) is 3.99. The summed E-state index contributed by atoms with van der Waals surface area (Å²) in [4.78, 5) is 18.8. The molecular formula is C19H20N4O3S2. The van der Waals surface area contributed by atoms with Crippen molar-refractivity contribution in [2.45, 2.75) is 17.9 Å². The zero-order valence-corrected chi connectivity index (χ0v) is 17.2. The van der Waals surface area contributed by atoms with Gasteiger partial charge >= 0.3 is 0 Å². The molecule has 1 amide bonds. The Morgan fingerprint density at radius 2 is 1.96 bits per heavy atom. The van der Waals surface area contributed by atoms with E-state index < -0.39 is 10.0 Å². The Morgan fingerprint density at radius 1 is 1.21 bits per heavy atom. The molecule has 1 aliphatic heterocycles. The third-order valence-corrected chi connectivity index (χ3v) is 7.86. The number of amides is 1. The van der Waals surface area contributed by atoms with Crippen LogP contribution in [0.3, 0.4) is 0 Å². The number of rotatable bonds is 4. The second-order valence-corrected chi connectivity index (χ2v) is 9.50. The number of sulfonamides is 1. The molecule has 3 aromatic rings. The number of carbonyl (C=O) groups is 1. The smallest absolute Gasteiger partial charge is 0.271 e. The minimum Gasteiger partial charge on any atom is -0.320 e. The average Bonchev–Trinajstić information content (AvgIpc) is 3.36.